The van der Waals surface area contributed by atoms with Crippen LogP contribution in [0.15, 0.2) is 255 Å². The van der Waals surface area contributed by atoms with Crippen molar-refractivity contribution in [3.8, 4) is 158 Å². The number of aromatic nitrogens is 1. The molecule has 1 aliphatic carbocycles. The molecule has 0 saturated heterocycles. The van der Waals surface area contributed by atoms with Gasteiger partial charge in [0.1, 0.15) is 0 Å². The molecule has 0 N–H and O–H groups in total. The van der Waals surface area contributed by atoms with Gasteiger partial charge in [-0.05, 0) is 186 Å². The maximum Gasteiger partial charge on any atom is 0.0541 e. The fraction of sp³-hybridized carbons (Fsp3) is 0.0345. The van der Waals surface area contributed by atoms with Crippen LogP contribution in [0.25, 0.3) is 105 Å². The first-order chi connectivity index (χ1) is 43.6. The lowest BCUT2D eigenvalue weighted by Crippen LogP contribution is -2.16. The van der Waals surface area contributed by atoms with Gasteiger partial charge in [0.15, 0.2) is 0 Å². The van der Waals surface area contributed by atoms with Crippen molar-refractivity contribution in [2.75, 3.05) is 4.90 Å². The minimum atomic E-state index is -0.160. The first kappa shape index (κ1) is 54.5. The number of hydrogen-bond acceptors (Lipinski definition) is 1. The van der Waals surface area contributed by atoms with E-state index in [4.69, 9.17) is 38.5 Å². The molecule has 89 heavy (non-hydrogen) atoms. The molecule has 0 atom stereocenters. The Morgan fingerprint density at radius 2 is 0.764 bits per heavy atom. The average molecular weight is 1130 g/mol. The van der Waals surface area contributed by atoms with Crippen LogP contribution in [0, 0.1) is 74.1 Å². The second-order valence-corrected chi connectivity index (χ2v) is 22.9. The van der Waals surface area contributed by atoms with E-state index in [2.05, 4.69) is 259 Å². The Bertz CT molecular complexity index is 5330. The van der Waals surface area contributed by atoms with Crippen molar-refractivity contribution in [2.45, 2.75) is 19.3 Å². The lowest BCUT2D eigenvalue weighted by molar-refractivity contribution is 0.660. The van der Waals surface area contributed by atoms with Gasteiger partial charge < -0.3 is 9.47 Å². The molecule has 2 nitrogen and oxygen atoms in total. The number of benzene rings is 12. The monoisotopic (exact) mass is 1130 g/mol. The van der Waals surface area contributed by atoms with Crippen molar-refractivity contribution in [1.82, 2.24) is 4.57 Å². The Labute approximate surface area is 521 Å². The van der Waals surface area contributed by atoms with Gasteiger partial charge in [-0.2, -0.15) is 0 Å². The minimum Gasteiger partial charge on any atom is -0.310 e. The van der Waals surface area contributed by atoms with Gasteiger partial charge in [-0.15, -0.1) is 38.5 Å². The second-order valence-electron chi connectivity index (χ2n) is 22.9. The zero-order valence-corrected chi connectivity index (χ0v) is 49.1. The normalized spacial score (nSPS) is 11.7. The SMILES string of the molecule is C#Cc1cccc(-c2cc(-c3ccc(-c4cccc(C#C)c4C#C)c(-c4cccc(C#C)c4C#C)c3)cc(-n3c4ccccc4c4cc(-c5ccc(N(c6ccc(-c7ccccc7)cc6)c6ccc7c(c6)C(C)(C)c6ccccc6-7)cc5)ccc43)c2)c1C#C. The van der Waals surface area contributed by atoms with Crippen LogP contribution >= 0.6 is 0 Å². The summed E-state index contributed by atoms with van der Waals surface area (Å²) in [5, 5.41) is 2.22. The number of rotatable bonds is 10. The van der Waals surface area contributed by atoms with Crippen LogP contribution in [0.2, 0.25) is 0 Å². The molecule has 13 aromatic rings. The summed E-state index contributed by atoms with van der Waals surface area (Å²) in [4.78, 5) is 2.38. The van der Waals surface area contributed by atoms with Crippen LogP contribution < -0.4 is 4.90 Å². The summed E-state index contributed by atoms with van der Waals surface area (Å²) in [7, 11) is 0. The molecule has 1 aromatic heterocycles. The van der Waals surface area contributed by atoms with Crippen molar-refractivity contribution in [3.63, 3.8) is 0 Å². The molecule has 0 radical (unpaired) electrons. The smallest absolute Gasteiger partial charge is 0.0541 e. The Morgan fingerprint density at radius 3 is 1.42 bits per heavy atom. The summed E-state index contributed by atoms with van der Waals surface area (Å²) >= 11 is 0. The fourth-order valence-electron chi connectivity index (χ4n) is 13.4. The molecule has 1 heterocycles. The first-order valence-corrected chi connectivity index (χ1v) is 29.5. The van der Waals surface area contributed by atoms with Gasteiger partial charge in [0, 0.05) is 72.3 Å². The molecule has 0 unspecified atom stereocenters. The average Bonchev–Trinajstić information content (AvgIpc) is 1.71. The topological polar surface area (TPSA) is 8.17 Å². The third-order valence-corrected chi connectivity index (χ3v) is 17.7. The van der Waals surface area contributed by atoms with Crippen LogP contribution in [-0.4, -0.2) is 4.57 Å². The van der Waals surface area contributed by atoms with Gasteiger partial charge in [0.05, 0.1) is 11.0 Å². The van der Waals surface area contributed by atoms with E-state index in [1.165, 1.54) is 33.4 Å². The summed E-state index contributed by atoms with van der Waals surface area (Å²) < 4.78 is 2.34. The van der Waals surface area contributed by atoms with E-state index in [0.717, 1.165) is 100 Å². The maximum absolute atomic E-state index is 6.34. The molecule has 412 valence electrons. The molecule has 0 aliphatic heterocycles. The maximum atomic E-state index is 6.34. The number of nitrogens with zero attached hydrogens (tertiary/aromatic N) is 2. The van der Waals surface area contributed by atoms with Crippen molar-refractivity contribution >= 4 is 38.9 Å². The molecule has 12 aromatic carbocycles. The third-order valence-electron chi connectivity index (χ3n) is 17.7. The zero-order chi connectivity index (χ0) is 60.9. The Morgan fingerprint density at radius 1 is 0.292 bits per heavy atom. The molecule has 0 amide bonds. The highest BCUT2D eigenvalue weighted by atomic mass is 15.1. The van der Waals surface area contributed by atoms with E-state index >= 15 is 0 Å². The Hall–Kier alpha value is -12.4. The van der Waals surface area contributed by atoms with Crippen LogP contribution in [0.5, 0.6) is 0 Å². The largest absolute Gasteiger partial charge is 0.310 e. The summed E-state index contributed by atoms with van der Waals surface area (Å²) in [6.45, 7) is 4.67. The van der Waals surface area contributed by atoms with Crippen LogP contribution in [0.3, 0.4) is 0 Å². The zero-order valence-electron chi connectivity index (χ0n) is 49.1. The van der Waals surface area contributed by atoms with Crippen LogP contribution in [0.1, 0.15) is 58.4 Å². The van der Waals surface area contributed by atoms with Crippen molar-refractivity contribution < 1.29 is 0 Å². The van der Waals surface area contributed by atoms with Gasteiger partial charge in [-0.1, -0.05) is 207 Å². The fourth-order valence-corrected chi connectivity index (χ4v) is 13.4. The van der Waals surface area contributed by atoms with Gasteiger partial charge in [-0.25, -0.2) is 0 Å². The number of anilines is 3. The molecule has 0 fully saturated rings. The molecular weight excluding hydrogens is 1070 g/mol. The first-order valence-electron chi connectivity index (χ1n) is 29.5. The van der Waals surface area contributed by atoms with Crippen LogP contribution in [0.4, 0.5) is 17.1 Å². The standard InChI is InChI=1S/C87H54N2/c1-9-57-27-22-32-74(71(57)12-4)66-51-65(64-41-48-77(75-33-23-28-58(10-2)72(75)13-5)81(54-64)76-34-24-29-59(11-3)73(76)14-6)52-70(53-66)89-85-36-21-19-31-80(85)82-55-63(42-50-86(82)89)62-39-45-68(46-40-62)88(67-43-37-61(38-44-67)60-25-16-15-17-26-60)69-47-49-79-78-30-18-20-35-83(78)87(7,8)84(79)56-69/h1-6,15-56H,7-8H3. The minimum absolute atomic E-state index is 0.160. The summed E-state index contributed by atoms with van der Waals surface area (Å²) in [6, 6.07) is 89.9. The highest BCUT2D eigenvalue weighted by molar-refractivity contribution is 6.11. The van der Waals surface area contributed by atoms with Crippen molar-refractivity contribution in [1.29, 1.82) is 0 Å². The Kier molecular flexibility index (Phi) is 13.6. The van der Waals surface area contributed by atoms with Gasteiger partial charge in [-0.3, -0.25) is 0 Å². The van der Waals surface area contributed by atoms with Gasteiger partial charge >= 0.3 is 0 Å². The lowest BCUT2D eigenvalue weighted by atomic mass is 9.82. The van der Waals surface area contributed by atoms with Crippen LogP contribution in [-0.2, 0) is 5.41 Å². The summed E-state index contributed by atoms with van der Waals surface area (Å²) in [5.41, 5.74) is 26.4. The number of hydrogen-bond donors (Lipinski definition) is 0. The molecule has 0 saturated carbocycles. The number of para-hydroxylation sites is 1. The van der Waals surface area contributed by atoms with E-state index in [9.17, 15) is 0 Å². The predicted octanol–water partition coefficient (Wildman–Crippen LogP) is 20.4. The molecule has 14 rings (SSSR count). The van der Waals surface area contributed by atoms with Gasteiger partial charge in [0.25, 0.3) is 0 Å². The summed E-state index contributed by atoms with van der Waals surface area (Å²) in [6.07, 6.45) is 37.1. The van der Waals surface area contributed by atoms with Crippen molar-refractivity contribution in [2.24, 2.45) is 0 Å². The molecule has 0 spiro atoms. The molecular formula is C87H54N2. The van der Waals surface area contributed by atoms with Crippen molar-refractivity contribution in [3.05, 3.63) is 299 Å². The van der Waals surface area contributed by atoms with E-state index in [0.29, 0.717) is 33.4 Å². The number of terminal acetylenes is 6. The van der Waals surface area contributed by atoms with E-state index in [-0.39, 0.29) is 5.41 Å². The molecule has 2 heteroatoms. The quantitative estimate of drug-likeness (QED) is 0.124. The second kappa shape index (κ2) is 22.2. The highest BCUT2D eigenvalue weighted by Crippen LogP contribution is 2.51. The third kappa shape index (κ3) is 9.23. The Balaban J connectivity index is 0.910. The predicted molar refractivity (Wildman–Crippen MR) is 373 cm³/mol. The van der Waals surface area contributed by atoms with E-state index < -0.39 is 0 Å². The number of fused-ring (bicyclic) bond motifs is 6. The lowest BCUT2D eigenvalue weighted by Gasteiger charge is -2.28. The molecule has 0 bridgehead atoms. The molecule has 1 aliphatic rings. The highest BCUT2D eigenvalue weighted by Gasteiger charge is 2.36. The van der Waals surface area contributed by atoms with E-state index in [1.807, 2.05) is 54.6 Å². The van der Waals surface area contributed by atoms with Gasteiger partial charge in [0.2, 0.25) is 0 Å². The summed E-state index contributed by atoms with van der Waals surface area (Å²) in [5.74, 6) is 17.2. The van der Waals surface area contributed by atoms with E-state index in [1.54, 1.807) is 0 Å².